The molecule has 3 rings (SSSR count). The van der Waals surface area contributed by atoms with E-state index in [9.17, 15) is 13.2 Å². The average molecular weight is 467 g/mol. The number of amides is 1. The van der Waals surface area contributed by atoms with Gasteiger partial charge in [-0.3, -0.25) is 15.1 Å². The highest BCUT2D eigenvalue weighted by atomic mass is 79.9. The molecule has 2 heterocycles. The lowest BCUT2D eigenvalue weighted by Gasteiger charge is -2.13. The first-order valence-corrected chi connectivity index (χ1v) is 10.8. The summed E-state index contributed by atoms with van der Waals surface area (Å²) in [5.41, 5.74) is 1.58. The molecule has 0 aliphatic rings. The predicted molar refractivity (Wildman–Crippen MR) is 108 cm³/mol. The summed E-state index contributed by atoms with van der Waals surface area (Å²) in [6.07, 6.45) is 1.67. The van der Waals surface area contributed by atoms with E-state index in [1.54, 1.807) is 17.6 Å². The van der Waals surface area contributed by atoms with Gasteiger partial charge in [0.1, 0.15) is 5.69 Å². The van der Waals surface area contributed by atoms with E-state index in [4.69, 9.17) is 0 Å². The van der Waals surface area contributed by atoms with Crippen LogP contribution in [-0.4, -0.2) is 42.7 Å². The molecule has 0 radical (unpaired) electrons. The second kappa shape index (κ2) is 7.85. The number of hydrogen-bond donors (Lipinski definition) is 1. The lowest BCUT2D eigenvalue weighted by atomic mass is 10.2. The summed E-state index contributed by atoms with van der Waals surface area (Å²) in [7, 11) is -0.816. The molecule has 0 saturated heterocycles. The first-order valence-electron chi connectivity index (χ1n) is 7.69. The molecular weight excluding hydrogens is 452 g/mol. The van der Waals surface area contributed by atoms with Crippen molar-refractivity contribution in [1.82, 2.24) is 14.3 Å². The number of pyridine rings is 1. The molecule has 7 nitrogen and oxygen atoms in total. The first-order chi connectivity index (χ1) is 12.8. The van der Waals surface area contributed by atoms with Gasteiger partial charge in [-0.15, -0.1) is 11.3 Å². The molecule has 2 aromatic heterocycles. The minimum atomic E-state index is -3.68. The lowest BCUT2D eigenvalue weighted by Crippen LogP contribution is -2.23. The molecule has 0 aliphatic heterocycles. The van der Waals surface area contributed by atoms with Gasteiger partial charge >= 0.3 is 0 Å². The second-order valence-electron chi connectivity index (χ2n) is 5.64. The Morgan fingerprint density at radius 1 is 1.19 bits per heavy atom. The molecule has 3 aromatic rings. The zero-order valence-electron chi connectivity index (χ0n) is 14.4. The van der Waals surface area contributed by atoms with Crippen LogP contribution in [0.25, 0.3) is 11.4 Å². The van der Waals surface area contributed by atoms with Gasteiger partial charge in [-0.1, -0.05) is 6.07 Å². The summed E-state index contributed by atoms with van der Waals surface area (Å²) in [4.78, 5) is 21.1. The first kappa shape index (κ1) is 19.6. The number of halogens is 1. The normalized spacial score (nSPS) is 11.6. The summed E-state index contributed by atoms with van der Waals surface area (Å²) in [6.45, 7) is 0. The van der Waals surface area contributed by atoms with E-state index in [0.717, 1.165) is 4.31 Å². The van der Waals surface area contributed by atoms with Crippen molar-refractivity contribution < 1.29 is 13.2 Å². The monoisotopic (exact) mass is 466 g/mol. The van der Waals surface area contributed by atoms with Crippen LogP contribution in [0.4, 0.5) is 5.13 Å². The lowest BCUT2D eigenvalue weighted by molar-refractivity contribution is 0.102. The highest BCUT2D eigenvalue weighted by Crippen LogP contribution is 2.27. The fraction of sp³-hybridized carbons (Fsp3) is 0.118. The number of sulfonamides is 1. The number of anilines is 1. The average Bonchev–Trinajstić information content (AvgIpc) is 3.11. The number of carbonyl (C=O) groups is 1. The predicted octanol–water partition coefficient (Wildman–Crippen LogP) is 3.47. The molecule has 27 heavy (non-hydrogen) atoms. The van der Waals surface area contributed by atoms with Crippen molar-refractivity contribution in [3.8, 4) is 11.4 Å². The molecule has 10 heteroatoms. The largest absolute Gasteiger partial charge is 0.298 e. The Morgan fingerprint density at radius 3 is 2.63 bits per heavy atom. The van der Waals surface area contributed by atoms with Crippen molar-refractivity contribution in [2.24, 2.45) is 0 Å². The highest BCUT2D eigenvalue weighted by Gasteiger charge is 2.22. The molecule has 0 fully saturated rings. The summed E-state index contributed by atoms with van der Waals surface area (Å²) >= 11 is 4.49. The Balaban J connectivity index is 1.84. The third-order valence-corrected chi connectivity index (χ3v) is 7.17. The summed E-state index contributed by atoms with van der Waals surface area (Å²) < 4.78 is 26.3. The van der Waals surface area contributed by atoms with Crippen LogP contribution in [0.2, 0.25) is 0 Å². The Hall–Kier alpha value is -2.14. The van der Waals surface area contributed by atoms with Crippen molar-refractivity contribution in [2.45, 2.75) is 4.90 Å². The molecule has 0 unspecified atom stereocenters. The van der Waals surface area contributed by atoms with Gasteiger partial charge in [0.05, 0.1) is 10.6 Å². The molecule has 0 atom stereocenters. The van der Waals surface area contributed by atoms with Gasteiger partial charge in [-0.05, 0) is 46.3 Å². The Bertz CT molecular complexity index is 1080. The molecule has 0 spiro atoms. The summed E-state index contributed by atoms with van der Waals surface area (Å²) in [5, 5.41) is 4.89. The third-order valence-electron chi connectivity index (χ3n) is 3.60. The molecule has 0 saturated carbocycles. The van der Waals surface area contributed by atoms with Crippen LogP contribution in [0.15, 0.2) is 57.3 Å². The van der Waals surface area contributed by atoms with Gasteiger partial charge < -0.3 is 0 Å². The summed E-state index contributed by atoms with van der Waals surface area (Å²) in [6, 6.07) is 9.91. The maximum Gasteiger partial charge on any atom is 0.257 e. The molecule has 0 aliphatic carbocycles. The molecule has 140 valence electrons. The van der Waals surface area contributed by atoms with Gasteiger partial charge in [-0.25, -0.2) is 17.7 Å². The van der Waals surface area contributed by atoms with E-state index < -0.39 is 15.9 Å². The van der Waals surface area contributed by atoms with Gasteiger partial charge in [0.25, 0.3) is 5.91 Å². The number of hydrogen-bond acceptors (Lipinski definition) is 6. The standard InChI is InChI=1S/C17H15BrN4O3S2/c1-22(2)27(24,25)15-9-11(6-7-12(15)18)16(23)21-17-20-14(10-26-17)13-5-3-4-8-19-13/h3-10H,1-2H3,(H,20,21,23). The molecule has 0 bridgehead atoms. The number of nitrogens with zero attached hydrogens (tertiary/aromatic N) is 3. The molecule has 1 aromatic carbocycles. The van der Waals surface area contributed by atoms with Gasteiger partial charge in [0.2, 0.25) is 10.0 Å². The fourth-order valence-electron chi connectivity index (χ4n) is 2.17. The van der Waals surface area contributed by atoms with Crippen LogP contribution in [0.1, 0.15) is 10.4 Å². The van der Waals surface area contributed by atoms with Crippen molar-refractivity contribution in [3.63, 3.8) is 0 Å². The quantitative estimate of drug-likeness (QED) is 0.621. The second-order valence-corrected chi connectivity index (χ2v) is 9.47. The van der Waals surface area contributed by atoms with Crippen LogP contribution >= 0.6 is 27.3 Å². The van der Waals surface area contributed by atoms with Crippen molar-refractivity contribution in [1.29, 1.82) is 0 Å². The minimum absolute atomic E-state index is 0.0217. The Kier molecular flexibility index (Phi) is 5.70. The molecule has 1 amide bonds. The van der Waals surface area contributed by atoms with Crippen LogP contribution in [0.3, 0.4) is 0 Å². The SMILES string of the molecule is CN(C)S(=O)(=O)c1cc(C(=O)Nc2nc(-c3ccccn3)cs2)ccc1Br. The van der Waals surface area contributed by atoms with Gasteiger partial charge in [0, 0.05) is 35.7 Å². The van der Waals surface area contributed by atoms with Crippen LogP contribution in [-0.2, 0) is 10.0 Å². The Labute approximate surface area is 169 Å². The zero-order valence-corrected chi connectivity index (χ0v) is 17.6. The molecule has 1 N–H and O–H groups in total. The van der Waals surface area contributed by atoms with Crippen LogP contribution < -0.4 is 5.32 Å². The van der Waals surface area contributed by atoms with E-state index >= 15 is 0 Å². The number of nitrogens with one attached hydrogen (secondary N) is 1. The summed E-state index contributed by atoms with van der Waals surface area (Å²) in [5.74, 6) is -0.445. The number of carbonyl (C=O) groups excluding carboxylic acids is 1. The number of benzene rings is 1. The van der Waals surface area contributed by atoms with E-state index in [2.05, 4.69) is 31.2 Å². The maximum absolute atomic E-state index is 12.5. The topological polar surface area (TPSA) is 92.3 Å². The van der Waals surface area contributed by atoms with E-state index in [1.165, 1.54) is 37.6 Å². The van der Waals surface area contributed by atoms with E-state index in [0.29, 0.717) is 21.0 Å². The van der Waals surface area contributed by atoms with Crippen molar-refractivity contribution in [3.05, 3.63) is 58.0 Å². The number of aromatic nitrogens is 2. The zero-order chi connectivity index (χ0) is 19.6. The highest BCUT2D eigenvalue weighted by molar-refractivity contribution is 9.10. The minimum Gasteiger partial charge on any atom is -0.298 e. The number of thiazole rings is 1. The maximum atomic E-state index is 12.5. The molecular formula is C17H15BrN4O3S2. The van der Waals surface area contributed by atoms with Crippen LogP contribution in [0.5, 0.6) is 0 Å². The van der Waals surface area contributed by atoms with Gasteiger partial charge in [-0.2, -0.15) is 0 Å². The number of rotatable bonds is 5. The van der Waals surface area contributed by atoms with Crippen molar-refractivity contribution >= 4 is 48.3 Å². The van der Waals surface area contributed by atoms with Gasteiger partial charge in [0.15, 0.2) is 5.13 Å². The Morgan fingerprint density at radius 2 is 1.96 bits per heavy atom. The van der Waals surface area contributed by atoms with Crippen molar-refractivity contribution in [2.75, 3.05) is 19.4 Å². The fourth-order valence-corrected chi connectivity index (χ4v) is 4.71. The van der Waals surface area contributed by atoms with Crippen LogP contribution in [0, 0.1) is 0 Å². The van der Waals surface area contributed by atoms with E-state index in [1.807, 2.05) is 18.2 Å². The smallest absolute Gasteiger partial charge is 0.257 e. The third kappa shape index (κ3) is 4.24. The van der Waals surface area contributed by atoms with E-state index in [-0.39, 0.29) is 10.5 Å².